The van der Waals surface area contributed by atoms with E-state index in [0.717, 1.165) is 37.4 Å². The number of likely N-dealkylation sites (N-methyl/N-ethyl adjacent to an activating group) is 1. The second-order valence-corrected chi connectivity index (χ2v) is 9.95. The molecule has 1 saturated heterocycles. The van der Waals surface area contributed by atoms with E-state index in [9.17, 15) is 8.42 Å². The van der Waals surface area contributed by atoms with E-state index < -0.39 is 10.0 Å². The summed E-state index contributed by atoms with van der Waals surface area (Å²) in [4.78, 5) is 6.78. The summed E-state index contributed by atoms with van der Waals surface area (Å²) in [5, 5.41) is 0. The second-order valence-electron chi connectivity index (χ2n) is 8.21. The number of hydrogen-bond acceptors (Lipinski definition) is 7. The van der Waals surface area contributed by atoms with Gasteiger partial charge in [-0.2, -0.15) is 0 Å². The number of nitrogens with one attached hydrogen (secondary N) is 1. The van der Waals surface area contributed by atoms with Crippen LogP contribution in [0.5, 0.6) is 11.5 Å². The summed E-state index contributed by atoms with van der Waals surface area (Å²) < 4.78 is 39.6. The van der Waals surface area contributed by atoms with Crippen molar-refractivity contribution in [3.05, 3.63) is 48.0 Å². The average Bonchev–Trinajstić information content (AvgIpc) is 2.80. The largest absolute Gasteiger partial charge is 0.497 e. The average molecular weight is 463 g/mol. The smallest absolute Gasteiger partial charge is 0.244 e. The van der Waals surface area contributed by atoms with Crippen molar-refractivity contribution in [1.82, 2.24) is 14.5 Å². The maximum atomic E-state index is 13.2. The number of benzene rings is 2. The molecule has 1 atom stereocenters. The number of ether oxygens (including phenoxy) is 2. The van der Waals surface area contributed by atoms with E-state index in [1.54, 1.807) is 12.1 Å². The van der Waals surface area contributed by atoms with Crippen molar-refractivity contribution in [1.29, 1.82) is 0 Å². The highest BCUT2D eigenvalue weighted by Crippen LogP contribution is 2.29. The molecule has 0 saturated carbocycles. The number of anilines is 1. The first kappa shape index (κ1) is 24.3. The third-order valence-corrected chi connectivity index (χ3v) is 7.36. The van der Waals surface area contributed by atoms with E-state index in [1.807, 2.05) is 19.0 Å². The monoisotopic (exact) mass is 462 g/mol. The van der Waals surface area contributed by atoms with E-state index >= 15 is 0 Å². The molecule has 1 heterocycles. The molecule has 0 radical (unpaired) electrons. The minimum Gasteiger partial charge on any atom is -0.497 e. The standard InChI is InChI=1S/C23H34N4O4S/c1-25(2)19-8-6-18(7-9-19)21(27-14-12-26(3)13-15-27)17-24-32(28,29)23-11-10-20(30-4)16-22(23)31-5/h6-11,16,21,24H,12-15,17H2,1-5H3/t21-/m0/s1. The fourth-order valence-electron chi connectivity index (χ4n) is 3.85. The minimum absolute atomic E-state index is 0.0704. The van der Waals surface area contributed by atoms with Gasteiger partial charge in [0.15, 0.2) is 0 Å². The molecule has 0 unspecified atom stereocenters. The van der Waals surface area contributed by atoms with Gasteiger partial charge in [-0.3, -0.25) is 4.90 Å². The molecule has 1 aliphatic rings. The molecular formula is C23H34N4O4S. The van der Waals surface area contributed by atoms with Crippen molar-refractivity contribution < 1.29 is 17.9 Å². The molecule has 0 bridgehead atoms. The molecule has 1 N–H and O–H groups in total. The SMILES string of the molecule is COc1ccc(S(=O)(=O)NC[C@@H](c2ccc(N(C)C)cc2)N2CCN(C)CC2)c(OC)c1. The summed E-state index contributed by atoms with van der Waals surface area (Å²) in [7, 11) is 5.32. The normalized spacial score (nSPS) is 16.5. The first-order chi connectivity index (χ1) is 15.2. The van der Waals surface area contributed by atoms with Gasteiger partial charge >= 0.3 is 0 Å². The number of piperazine rings is 1. The molecule has 32 heavy (non-hydrogen) atoms. The topological polar surface area (TPSA) is 74.4 Å². The van der Waals surface area contributed by atoms with Crippen molar-refractivity contribution in [3.8, 4) is 11.5 Å². The van der Waals surface area contributed by atoms with E-state index in [1.165, 1.54) is 20.3 Å². The molecule has 0 aromatic heterocycles. The van der Waals surface area contributed by atoms with E-state index in [4.69, 9.17) is 9.47 Å². The van der Waals surface area contributed by atoms with Gasteiger partial charge in [-0.05, 0) is 36.9 Å². The van der Waals surface area contributed by atoms with Crippen LogP contribution in [0.1, 0.15) is 11.6 Å². The highest BCUT2D eigenvalue weighted by atomic mass is 32.2. The number of hydrogen-bond donors (Lipinski definition) is 1. The summed E-state index contributed by atoms with van der Waals surface area (Å²) in [6.07, 6.45) is 0. The van der Waals surface area contributed by atoms with Crippen molar-refractivity contribution in [2.24, 2.45) is 0 Å². The number of nitrogens with zero attached hydrogens (tertiary/aromatic N) is 3. The molecule has 1 fully saturated rings. The summed E-state index contributed by atoms with van der Waals surface area (Å²) in [5.41, 5.74) is 2.19. The fourth-order valence-corrected chi connectivity index (χ4v) is 5.04. The number of methoxy groups -OCH3 is 2. The lowest BCUT2D eigenvalue weighted by atomic mass is 10.0. The Morgan fingerprint density at radius 1 is 1.00 bits per heavy atom. The van der Waals surface area contributed by atoms with Crippen LogP contribution in [0.2, 0.25) is 0 Å². The van der Waals surface area contributed by atoms with Crippen LogP contribution in [0.4, 0.5) is 5.69 Å². The quantitative estimate of drug-likeness (QED) is 0.611. The van der Waals surface area contributed by atoms with E-state index in [0.29, 0.717) is 5.75 Å². The first-order valence-corrected chi connectivity index (χ1v) is 12.1. The third-order valence-electron chi connectivity index (χ3n) is 5.90. The Hall–Kier alpha value is -2.33. The van der Waals surface area contributed by atoms with E-state index in [2.05, 4.69) is 45.8 Å². The van der Waals surface area contributed by atoms with Crippen LogP contribution in [-0.2, 0) is 10.0 Å². The molecule has 8 nitrogen and oxygen atoms in total. The molecule has 3 rings (SSSR count). The van der Waals surface area contributed by atoms with Gasteiger partial charge in [0.2, 0.25) is 10.0 Å². The van der Waals surface area contributed by atoms with Crippen molar-refractivity contribution in [2.75, 3.05) is 73.0 Å². The van der Waals surface area contributed by atoms with Crippen LogP contribution < -0.4 is 19.1 Å². The lowest BCUT2D eigenvalue weighted by Crippen LogP contribution is -2.48. The number of sulfonamides is 1. The van der Waals surface area contributed by atoms with E-state index in [-0.39, 0.29) is 23.2 Å². The summed E-state index contributed by atoms with van der Waals surface area (Å²) in [6, 6.07) is 12.9. The Morgan fingerprint density at radius 3 is 2.22 bits per heavy atom. The Bertz CT molecular complexity index is 988. The molecule has 0 aliphatic carbocycles. The van der Waals surface area contributed by atoms with Crippen molar-refractivity contribution in [3.63, 3.8) is 0 Å². The lowest BCUT2D eigenvalue weighted by Gasteiger charge is -2.38. The van der Waals surface area contributed by atoms with Crippen molar-refractivity contribution in [2.45, 2.75) is 10.9 Å². The Balaban J connectivity index is 1.84. The highest BCUT2D eigenvalue weighted by Gasteiger charge is 2.27. The summed E-state index contributed by atoms with van der Waals surface area (Å²) in [6.45, 7) is 3.92. The summed E-state index contributed by atoms with van der Waals surface area (Å²) in [5.74, 6) is 0.792. The van der Waals surface area contributed by atoms with Gasteiger partial charge in [0.05, 0.1) is 14.2 Å². The zero-order chi connectivity index (χ0) is 23.3. The molecule has 0 amide bonds. The van der Waals surface area contributed by atoms with Gasteiger partial charge in [-0.15, -0.1) is 0 Å². The molecular weight excluding hydrogens is 428 g/mol. The van der Waals surface area contributed by atoms with Gasteiger partial charge in [0.25, 0.3) is 0 Å². The maximum absolute atomic E-state index is 13.2. The zero-order valence-electron chi connectivity index (χ0n) is 19.5. The predicted molar refractivity (Wildman–Crippen MR) is 127 cm³/mol. The van der Waals surface area contributed by atoms with Gasteiger partial charge in [-0.25, -0.2) is 13.1 Å². The van der Waals surface area contributed by atoms with Gasteiger partial charge < -0.3 is 19.3 Å². The van der Waals surface area contributed by atoms with Gasteiger partial charge in [0, 0.05) is 64.6 Å². The Kier molecular flexibility index (Phi) is 8.00. The molecule has 2 aromatic rings. The molecule has 0 spiro atoms. The second kappa shape index (κ2) is 10.5. The summed E-state index contributed by atoms with van der Waals surface area (Å²) >= 11 is 0. The zero-order valence-corrected chi connectivity index (χ0v) is 20.4. The van der Waals surface area contributed by atoms with Crippen LogP contribution in [0, 0.1) is 0 Å². The minimum atomic E-state index is -3.78. The Morgan fingerprint density at radius 2 is 1.66 bits per heavy atom. The Labute approximate surface area is 191 Å². The highest BCUT2D eigenvalue weighted by molar-refractivity contribution is 7.89. The molecule has 9 heteroatoms. The third kappa shape index (κ3) is 5.72. The number of rotatable bonds is 9. The predicted octanol–water partition coefficient (Wildman–Crippen LogP) is 2.04. The van der Waals surface area contributed by atoms with Crippen molar-refractivity contribution >= 4 is 15.7 Å². The van der Waals surface area contributed by atoms with Gasteiger partial charge in [-0.1, -0.05) is 12.1 Å². The maximum Gasteiger partial charge on any atom is 0.244 e. The lowest BCUT2D eigenvalue weighted by molar-refractivity contribution is 0.113. The fraction of sp³-hybridized carbons (Fsp3) is 0.478. The van der Waals surface area contributed by atoms with Gasteiger partial charge in [0.1, 0.15) is 16.4 Å². The van der Waals surface area contributed by atoms with Crippen LogP contribution in [-0.4, -0.2) is 86.3 Å². The molecule has 176 valence electrons. The molecule has 2 aromatic carbocycles. The van der Waals surface area contributed by atoms with Crippen LogP contribution >= 0.6 is 0 Å². The van der Waals surface area contributed by atoms with Crippen LogP contribution in [0.3, 0.4) is 0 Å². The van der Waals surface area contributed by atoms with Crippen LogP contribution in [0.25, 0.3) is 0 Å². The first-order valence-electron chi connectivity index (χ1n) is 10.7. The molecule has 1 aliphatic heterocycles. The van der Waals surface area contributed by atoms with Crippen LogP contribution in [0.15, 0.2) is 47.4 Å².